The number of fused-ring (bicyclic) bond motifs is 1. The third-order valence-corrected chi connectivity index (χ3v) is 5.03. The minimum Gasteiger partial charge on any atom is -0.450 e. The quantitative estimate of drug-likeness (QED) is 0.872. The van der Waals surface area contributed by atoms with Gasteiger partial charge in [-0.05, 0) is 25.0 Å². The van der Waals surface area contributed by atoms with Gasteiger partial charge in [0.25, 0.3) is 0 Å². The highest BCUT2D eigenvalue weighted by atomic mass is 32.1. The molecule has 6 heteroatoms. The van der Waals surface area contributed by atoms with Crippen molar-refractivity contribution in [3.63, 3.8) is 0 Å². The first-order valence-corrected chi connectivity index (χ1v) is 8.59. The van der Waals surface area contributed by atoms with Crippen LogP contribution < -0.4 is 4.90 Å². The Kier molecular flexibility index (Phi) is 4.47. The van der Waals surface area contributed by atoms with Gasteiger partial charge >= 0.3 is 6.09 Å². The number of amides is 1. The van der Waals surface area contributed by atoms with Gasteiger partial charge in [-0.2, -0.15) is 0 Å². The zero-order valence-corrected chi connectivity index (χ0v) is 13.9. The summed E-state index contributed by atoms with van der Waals surface area (Å²) in [7, 11) is 0. The van der Waals surface area contributed by atoms with Gasteiger partial charge < -0.3 is 14.5 Å². The summed E-state index contributed by atoms with van der Waals surface area (Å²) < 4.78 is 6.29. The molecule has 0 N–H and O–H groups in total. The summed E-state index contributed by atoms with van der Waals surface area (Å²) in [6, 6.07) is 6.37. The summed E-state index contributed by atoms with van der Waals surface area (Å²) in [5, 5.41) is 1.06. The van der Waals surface area contributed by atoms with E-state index in [0.717, 1.165) is 30.2 Å². The highest BCUT2D eigenvalue weighted by Crippen LogP contribution is 2.31. The van der Waals surface area contributed by atoms with E-state index in [1.807, 2.05) is 6.92 Å². The lowest BCUT2D eigenvalue weighted by Crippen LogP contribution is -2.48. The fourth-order valence-electron chi connectivity index (χ4n) is 2.71. The summed E-state index contributed by atoms with van der Waals surface area (Å²) in [6.45, 7) is 7.41. The molecule has 1 saturated heterocycles. The van der Waals surface area contributed by atoms with Gasteiger partial charge in [-0.3, -0.25) is 0 Å². The second-order valence-corrected chi connectivity index (χ2v) is 6.30. The van der Waals surface area contributed by atoms with E-state index < -0.39 is 0 Å². The fourth-order valence-corrected chi connectivity index (χ4v) is 3.77. The van der Waals surface area contributed by atoms with E-state index in [0.29, 0.717) is 19.7 Å². The Morgan fingerprint density at radius 3 is 2.73 bits per heavy atom. The van der Waals surface area contributed by atoms with Crippen molar-refractivity contribution >= 4 is 32.8 Å². The number of hydrogen-bond acceptors (Lipinski definition) is 5. The smallest absolute Gasteiger partial charge is 0.409 e. The van der Waals surface area contributed by atoms with Crippen LogP contribution in [0.1, 0.15) is 19.4 Å². The van der Waals surface area contributed by atoms with Gasteiger partial charge in [0.1, 0.15) is 0 Å². The van der Waals surface area contributed by atoms with Gasteiger partial charge in [0.2, 0.25) is 0 Å². The standard InChI is InChI=1S/C16H21N3O2S/c1-3-12-6-5-7-13-14(12)17-15(22-13)18-8-10-19(11-9-18)16(20)21-4-2/h5-7H,3-4,8-11H2,1-2H3. The lowest BCUT2D eigenvalue weighted by atomic mass is 10.1. The number of carbonyl (C=O) groups is 1. The van der Waals surface area contributed by atoms with Crippen LogP contribution in [-0.2, 0) is 11.2 Å². The number of ether oxygens (including phenoxy) is 1. The summed E-state index contributed by atoms with van der Waals surface area (Å²) in [5.41, 5.74) is 2.42. The van der Waals surface area contributed by atoms with Crippen LogP contribution in [-0.4, -0.2) is 48.8 Å². The molecule has 2 aromatic rings. The number of aryl methyl sites for hydroxylation is 1. The van der Waals surface area contributed by atoms with E-state index in [1.54, 1.807) is 16.2 Å². The van der Waals surface area contributed by atoms with Gasteiger partial charge in [0, 0.05) is 26.2 Å². The first-order chi connectivity index (χ1) is 10.7. The van der Waals surface area contributed by atoms with Crippen LogP contribution >= 0.6 is 11.3 Å². The molecule has 0 atom stereocenters. The van der Waals surface area contributed by atoms with Gasteiger partial charge in [0.05, 0.1) is 16.8 Å². The van der Waals surface area contributed by atoms with Gasteiger partial charge in [-0.15, -0.1) is 0 Å². The van der Waals surface area contributed by atoms with Crippen molar-refractivity contribution in [1.29, 1.82) is 0 Å². The molecule has 0 radical (unpaired) electrons. The number of rotatable bonds is 3. The molecule has 0 spiro atoms. The molecule has 22 heavy (non-hydrogen) atoms. The molecule has 0 aliphatic carbocycles. The average molecular weight is 319 g/mol. The Morgan fingerprint density at radius 2 is 2.05 bits per heavy atom. The third-order valence-electron chi connectivity index (χ3n) is 3.95. The number of para-hydroxylation sites is 1. The Hall–Kier alpha value is -1.82. The molecule has 1 amide bonds. The van der Waals surface area contributed by atoms with E-state index in [1.165, 1.54) is 10.3 Å². The second kappa shape index (κ2) is 6.52. The van der Waals surface area contributed by atoms with Crippen molar-refractivity contribution in [2.24, 2.45) is 0 Å². The number of thiazole rings is 1. The maximum Gasteiger partial charge on any atom is 0.409 e. The number of nitrogens with zero attached hydrogens (tertiary/aromatic N) is 3. The molecular weight excluding hydrogens is 298 g/mol. The normalized spacial score (nSPS) is 15.4. The summed E-state index contributed by atoms with van der Waals surface area (Å²) in [5.74, 6) is 0. The van der Waals surface area contributed by atoms with Gasteiger partial charge in [-0.25, -0.2) is 9.78 Å². The molecule has 1 aliphatic rings. The molecule has 0 unspecified atom stereocenters. The number of benzene rings is 1. The zero-order valence-electron chi connectivity index (χ0n) is 13.0. The van der Waals surface area contributed by atoms with E-state index >= 15 is 0 Å². The van der Waals surface area contributed by atoms with Crippen molar-refractivity contribution in [3.05, 3.63) is 23.8 Å². The van der Waals surface area contributed by atoms with Crippen LogP contribution in [0.25, 0.3) is 10.2 Å². The highest BCUT2D eigenvalue weighted by Gasteiger charge is 2.23. The maximum absolute atomic E-state index is 11.7. The fraction of sp³-hybridized carbons (Fsp3) is 0.500. The van der Waals surface area contributed by atoms with Crippen LogP contribution in [0.3, 0.4) is 0 Å². The van der Waals surface area contributed by atoms with Crippen molar-refractivity contribution in [2.45, 2.75) is 20.3 Å². The molecule has 118 valence electrons. The topological polar surface area (TPSA) is 45.7 Å². The Bertz CT molecular complexity index is 662. The largest absolute Gasteiger partial charge is 0.450 e. The lowest BCUT2D eigenvalue weighted by Gasteiger charge is -2.33. The molecule has 1 aromatic heterocycles. The Balaban J connectivity index is 1.72. The third kappa shape index (κ3) is 2.88. The minimum atomic E-state index is -0.209. The molecule has 3 rings (SSSR count). The molecule has 0 bridgehead atoms. The average Bonchev–Trinajstić information content (AvgIpc) is 2.99. The molecule has 1 fully saturated rings. The summed E-state index contributed by atoms with van der Waals surface area (Å²) in [4.78, 5) is 20.6. The lowest BCUT2D eigenvalue weighted by molar-refractivity contribution is 0.105. The van der Waals surface area contributed by atoms with Crippen LogP contribution in [0.2, 0.25) is 0 Å². The van der Waals surface area contributed by atoms with E-state index in [2.05, 4.69) is 30.0 Å². The van der Waals surface area contributed by atoms with Crippen molar-refractivity contribution < 1.29 is 9.53 Å². The Morgan fingerprint density at radius 1 is 1.27 bits per heavy atom. The molecule has 1 aromatic carbocycles. The first kappa shape index (κ1) is 15.1. The molecule has 2 heterocycles. The highest BCUT2D eigenvalue weighted by molar-refractivity contribution is 7.22. The van der Waals surface area contributed by atoms with Crippen molar-refractivity contribution in [3.8, 4) is 0 Å². The van der Waals surface area contributed by atoms with E-state index in [-0.39, 0.29) is 6.09 Å². The predicted octanol–water partition coefficient (Wildman–Crippen LogP) is 3.14. The SMILES string of the molecule is CCOC(=O)N1CCN(c2nc3c(CC)cccc3s2)CC1. The molecule has 0 saturated carbocycles. The number of anilines is 1. The number of aromatic nitrogens is 1. The van der Waals surface area contributed by atoms with Crippen LogP contribution in [0, 0.1) is 0 Å². The summed E-state index contributed by atoms with van der Waals surface area (Å²) >= 11 is 1.73. The number of piperazine rings is 1. The molecule has 1 aliphatic heterocycles. The zero-order chi connectivity index (χ0) is 15.5. The number of hydrogen-bond donors (Lipinski definition) is 0. The van der Waals surface area contributed by atoms with Gasteiger partial charge in [0.15, 0.2) is 5.13 Å². The van der Waals surface area contributed by atoms with Crippen molar-refractivity contribution in [1.82, 2.24) is 9.88 Å². The van der Waals surface area contributed by atoms with Crippen LogP contribution in [0.5, 0.6) is 0 Å². The molecular formula is C16H21N3O2S. The Labute approximate surface area is 134 Å². The van der Waals surface area contributed by atoms with Crippen LogP contribution in [0.15, 0.2) is 18.2 Å². The summed E-state index contributed by atoms with van der Waals surface area (Å²) in [6.07, 6.45) is 0.789. The van der Waals surface area contributed by atoms with E-state index in [9.17, 15) is 4.79 Å². The molecule has 5 nitrogen and oxygen atoms in total. The maximum atomic E-state index is 11.7. The van der Waals surface area contributed by atoms with Gasteiger partial charge in [-0.1, -0.05) is 30.4 Å². The number of carbonyl (C=O) groups excluding carboxylic acids is 1. The van der Waals surface area contributed by atoms with E-state index in [4.69, 9.17) is 9.72 Å². The predicted molar refractivity (Wildman–Crippen MR) is 89.8 cm³/mol. The second-order valence-electron chi connectivity index (χ2n) is 5.29. The van der Waals surface area contributed by atoms with Crippen LogP contribution in [0.4, 0.5) is 9.93 Å². The minimum absolute atomic E-state index is 0.209. The monoisotopic (exact) mass is 319 g/mol. The first-order valence-electron chi connectivity index (χ1n) is 7.78. The van der Waals surface area contributed by atoms with Crippen molar-refractivity contribution in [2.75, 3.05) is 37.7 Å².